The predicted molar refractivity (Wildman–Crippen MR) is 150 cm³/mol. The van der Waals surface area contributed by atoms with Crippen molar-refractivity contribution in [3.63, 3.8) is 0 Å². The number of nitrogens with zero attached hydrogens (tertiary/aromatic N) is 1. The fourth-order valence-electron chi connectivity index (χ4n) is 6.17. The molecule has 3 heterocycles. The zero-order valence-corrected chi connectivity index (χ0v) is 21.7. The lowest BCUT2D eigenvalue weighted by atomic mass is 9.77. The van der Waals surface area contributed by atoms with Gasteiger partial charge < -0.3 is 19.7 Å². The van der Waals surface area contributed by atoms with Crippen molar-refractivity contribution >= 4 is 23.0 Å². The van der Waals surface area contributed by atoms with Crippen molar-refractivity contribution in [3.8, 4) is 11.5 Å². The zero-order valence-electron chi connectivity index (χ0n) is 21.7. The highest BCUT2D eigenvalue weighted by atomic mass is 16.6. The number of hydrogen-bond acceptors (Lipinski definition) is 5. The summed E-state index contributed by atoms with van der Waals surface area (Å²) < 4.78 is 13.0. The van der Waals surface area contributed by atoms with Crippen LogP contribution in [0.15, 0.2) is 78.9 Å². The molecule has 7 rings (SSSR count). The molecule has 38 heavy (non-hydrogen) atoms. The van der Waals surface area contributed by atoms with E-state index < -0.39 is 5.60 Å². The third-order valence-electron chi connectivity index (χ3n) is 8.06. The van der Waals surface area contributed by atoms with Gasteiger partial charge in [-0.15, -0.1) is 0 Å². The highest BCUT2D eigenvalue weighted by Gasteiger charge is 2.53. The largest absolute Gasteiger partial charge is 0.456 e. The van der Waals surface area contributed by atoms with E-state index in [0.29, 0.717) is 11.3 Å². The second-order valence-electron chi connectivity index (χ2n) is 10.6. The van der Waals surface area contributed by atoms with Crippen LogP contribution >= 0.6 is 0 Å². The molecular formula is C33H30N2O3. The van der Waals surface area contributed by atoms with Crippen molar-refractivity contribution in [2.75, 3.05) is 23.3 Å². The number of benzene rings is 4. The van der Waals surface area contributed by atoms with E-state index in [1.807, 2.05) is 30.3 Å². The molecule has 0 radical (unpaired) electrons. The summed E-state index contributed by atoms with van der Waals surface area (Å²) in [6.45, 7) is 6.25. The summed E-state index contributed by atoms with van der Waals surface area (Å²) in [7, 11) is 0. The zero-order chi connectivity index (χ0) is 25.9. The minimum Gasteiger partial charge on any atom is -0.456 e. The van der Waals surface area contributed by atoms with Crippen molar-refractivity contribution in [3.05, 3.63) is 112 Å². The first-order valence-electron chi connectivity index (χ1n) is 13.4. The van der Waals surface area contributed by atoms with Gasteiger partial charge in [0.25, 0.3) is 0 Å². The standard InChI is InChI=1S/C33H30N2O3/c1-21-9-8-10-23(17-21)34-29-20-28-30(18-22(29)2)37-31-19-24(35-15-6-3-7-16-35)13-14-27(31)33(28)26-12-5-4-11-25(26)32(36)38-33/h4-5,8-14,17-20,34H,3,6-7,15-16H2,1-2H3. The molecule has 3 aliphatic rings. The van der Waals surface area contributed by atoms with Crippen molar-refractivity contribution in [1.82, 2.24) is 0 Å². The summed E-state index contributed by atoms with van der Waals surface area (Å²) in [5.41, 5.74) is 7.40. The van der Waals surface area contributed by atoms with E-state index in [4.69, 9.17) is 9.47 Å². The SMILES string of the molecule is Cc1cccc(Nc2cc3c(cc2C)Oc2cc(N4CCCCC4)ccc2C32OC(=O)c3ccccc32)c1. The number of aryl methyl sites for hydroxylation is 2. The van der Waals surface area contributed by atoms with Gasteiger partial charge in [-0.05, 0) is 86.7 Å². The third kappa shape index (κ3) is 3.49. The molecule has 0 saturated carbocycles. The van der Waals surface area contributed by atoms with Gasteiger partial charge in [0.05, 0.1) is 5.56 Å². The van der Waals surface area contributed by atoms with E-state index in [-0.39, 0.29) is 5.97 Å². The molecule has 3 aliphatic heterocycles. The molecule has 1 atom stereocenters. The molecule has 1 N–H and O–H groups in total. The molecule has 0 bridgehead atoms. The Labute approximate surface area is 223 Å². The van der Waals surface area contributed by atoms with Crippen LogP contribution in [0.4, 0.5) is 17.1 Å². The van der Waals surface area contributed by atoms with Crippen LogP contribution in [0.3, 0.4) is 0 Å². The van der Waals surface area contributed by atoms with Crippen molar-refractivity contribution in [2.45, 2.75) is 38.7 Å². The Hall–Kier alpha value is -4.25. The Bertz CT molecular complexity index is 1590. The highest BCUT2D eigenvalue weighted by Crippen LogP contribution is 2.57. The van der Waals surface area contributed by atoms with Gasteiger partial charge >= 0.3 is 5.97 Å². The minimum absolute atomic E-state index is 0.312. The summed E-state index contributed by atoms with van der Waals surface area (Å²) in [6, 6.07) is 26.5. The Morgan fingerprint density at radius 3 is 2.45 bits per heavy atom. The molecule has 4 aromatic rings. The van der Waals surface area contributed by atoms with Gasteiger partial charge in [-0.2, -0.15) is 0 Å². The average Bonchev–Trinajstić information content (AvgIpc) is 3.23. The predicted octanol–water partition coefficient (Wildman–Crippen LogP) is 7.61. The third-order valence-corrected chi connectivity index (χ3v) is 8.06. The first kappa shape index (κ1) is 22.9. The fourth-order valence-corrected chi connectivity index (χ4v) is 6.17. The van der Waals surface area contributed by atoms with E-state index in [9.17, 15) is 4.79 Å². The maximum Gasteiger partial charge on any atom is 0.340 e. The van der Waals surface area contributed by atoms with E-state index in [1.54, 1.807) is 0 Å². The van der Waals surface area contributed by atoms with Gasteiger partial charge in [-0.3, -0.25) is 0 Å². The van der Waals surface area contributed by atoms with E-state index >= 15 is 0 Å². The first-order valence-corrected chi connectivity index (χ1v) is 13.4. The van der Waals surface area contributed by atoms with Crippen LogP contribution in [-0.2, 0) is 10.3 Å². The van der Waals surface area contributed by atoms with Gasteiger partial charge in [-0.1, -0.05) is 30.3 Å². The number of ether oxygens (including phenoxy) is 2. The van der Waals surface area contributed by atoms with Crippen molar-refractivity contribution in [1.29, 1.82) is 0 Å². The number of carbonyl (C=O) groups is 1. The Morgan fingerprint density at radius 2 is 1.61 bits per heavy atom. The van der Waals surface area contributed by atoms with Crippen molar-refractivity contribution < 1.29 is 14.3 Å². The molecule has 0 aromatic heterocycles. The monoisotopic (exact) mass is 502 g/mol. The number of nitrogens with one attached hydrogen (secondary N) is 1. The summed E-state index contributed by atoms with van der Waals surface area (Å²) >= 11 is 0. The van der Waals surface area contributed by atoms with Crippen LogP contribution in [0.1, 0.15) is 57.4 Å². The van der Waals surface area contributed by atoms with E-state index in [2.05, 4.69) is 72.6 Å². The van der Waals surface area contributed by atoms with Crippen LogP contribution < -0.4 is 15.0 Å². The van der Waals surface area contributed by atoms with Crippen LogP contribution in [0.25, 0.3) is 0 Å². The molecule has 0 aliphatic carbocycles. The lowest BCUT2D eigenvalue weighted by molar-refractivity contribution is 0.0224. The number of anilines is 3. The normalized spacial score (nSPS) is 19.3. The van der Waals surface area contributed by atoms with Gasteiger partial charge in [0.2, 0.25) is 0 Å². The fraction of sp³-hybridized carbons (Fsp3) is 0.242. The molecular weight excluding hydrogens is 472 g/mol. The minimum atomic E-state index is -1.08. The van der Waals surface area contributed by atoms with E-state index in [1.165, 1.54) is 24.8 Å². The molecule has 5 nitrogen and oxygen atoms in total. The number of hydrogen-bond donors (Lipinski definition) is 1. The first-order chi connectivity index (χ1) is 18.5. The molecule has 0 amide bonds. The van der Waals surface area contributed by atoms with E-state index in [0.717, 1.165) is 58.2 Å². The Balaban J connectivity index is 1.41. The summed E-state index contributed by atoms with van der Waals surface area (Å²) in [4.78, 5) is 15.7. The van der Waals surface area contributed by atoms with Crippen LogP contribution in [-0.4, -0.2) is 19.1 Å². The van der Waals surface area contributed by atoms with Crippen molar-refractivity contribution in [2.24, 2.45) is 0 Å². The van der Waals surface area contributed by atoms with Gasteiger partial charge in [0.15, 0.2) is 5.60 Å². The maximum atomic E-state index is 13.3. The summed E-state index contributed by atoms with van der Waals surface area (Å²) in [5.74, 6) is 1.14. The number of fused-ring (bicyclic) bond motifs is 6. The lowest BCUT2D eigenvalue weighted by Gasteiger charge is -2.38. The quantitative estimate of drug-likeness (QED) is 0.292. The van der Waals surface area contributed by atoms with Crippen LogP contribution in [0.2, 0.25) is 0 Å². The van der Waals surface area contributed by atoms with Crippen LogP contribution in [0.5, 0.6) is 11.5 Å². The number of piperidine rings is 1. The van der Waals surface area contributed by atoms with Gasteiger partial charge in [0.1, 0.15) is 11.5 Å². The number of esters is 1. The Morgan fingerprint density at radius 1 is 0.789 bits per heavy atom. The topological polar surface area (TPSA) is 50.8 Å². The second kappa shape index (κ2) is 8.66. The van der Waals surface area contributed by atoms with Gasteiger partial charge in [-0.25, -0.2) is 4.79 Å². The number of carbonyl (C=O) groups excluding carboxylic acids is 1. The van der Waals surface area contributed by atoms with Gasteiger partial charge in [0, 0.05) is 52.9 Å². The Kier molecular flexibility index (Phi) is 5.22. The molecule has 1 spiro atoms. The molecule has 1 unspecified atom stereocenters. The average molecular weight is 503 g/mol. The molecule has 5 heteroatoms. The molecule has 4 aromatic carbocycles. The molecule has 1 saturated heterocycles. The lowest BCUT2D eigenvalue weighted by Crippen LogP contribution is -2.34. The number of rotatable bonds is 3. The molecule has 190 valence electrons. The highest BCUT2D eigenvalue weighted by molar-refractivity contribution is 5.97. The van der Waals surface area contributed by atoms with Crippen LogP contribution in [0, 0.1) is 13.8 Å². The smallest absolute Gasteiger partial charge is 0.340 e. The maximum absolute atomic E-state index is 13.3. The summed E-state index contributed by atoms with van der Waals surface area (Å²) in [6.07, 6.45) is 3.68. The molecule has 1 fully saturated rings. The second-order valence-corrected chi connectivity index (χ2v) is 10.6. The summed E-state index contributed by atoms with van der Waals surface area (Å²) in [5, 5.41) is 3.58.